The van der Waals surface area contributed by atoms with E-state index in [0.29, 0.717) is 0 Å². The Morgan fingerprint density at radius 3 is 1.76 bits per heavy atom. The molecule has 0 aliphatic carbocycles. The van der Waals surface area contributed by atoms with Crippen LogP contribution in [0.4, 0.5) is 0 Å². The highest BCUT2D eigenvalue weighted by molar-refractivity contribution is 5.81. The first-order valence-electron chi connectivity index (χ1n) is 8.11. The van der Waals surface area contributed by atoms with Crippen LogP contribution in [-0.2, 0) is 4.79 Å². The fourth-order valence-electron chi connectivity index (χ4n) is 1.91. The molecule has 0 fully saturated rings. The molecular weight excluding hydrogens is 256 g/mol. The van der Waals surface area contributed by atoms with Gasteiger partial charge in [0.25, 0.3) is 0 Å². The lowest BCUT2D eigenvalue weighted by Gasteiger charge is -2.19. The minimum atomic E-state index is -0.225. The quantitative estimate of drug-likeness (QED) is 0.448. The van der Waals surface area contributed by atoms with Crippen LogP contribution < -0.4 is 0 Å². The third-order valence-electron chi connectivity index (χ3n) is 4.04. The van der Waals surface area contributed by atoms with Crippen LogP contribution in [0.2, 0.25) is 0 Å². The lowest BCUT2D eigenvalue weighted by Crippen LogP contribution is -2.20. The molecule has 0 aromatic heterocycles. The summed E-state index contributed by atoms with van der Waals surface area (Å²) < 4.78 is 0. The number of hydrogen-bond donors (Lipinski definition) is 0. The van der Waals surface area contributed by atoms with Gasteiger partial charge >= 0.3 is 0 Å². The predicted octanol–water partition coefficient (Wildman–Crippen LogP) is 6.41. The second-order valence-electron chi connectivity index (χ2n) is 7.10. The van der Waals surface area contributed by atoms with Crippen molar-refractivity contribution >= 4 is 5.78 Å². The summed E-state index contributed by atoms with van der Waals surface area (Å²) in [7, 11) is 0. The van der Waals surface area contributed by atoms with Crippen LogP contribution >= 0.6 is 0 Å². The summed E-state index contributed by atoms with van der Waals surface area (Å²) in [6, 6.07) is 0. The molecule has 0 saturated carbocycles. The third kappa shape index (κ3) is 10.3. The van der Waals surface area contributed by atoms with E-state index in [1.165, 1.54) is 16.7 Å². The van der Waals surface area contributed by atoms with Crippen molar-refractivity contribution in [3.8, 4) is 0 Å². The first kappa shape index (κ1) is 19.9. The highest BCUT2D eigenvalue weighted by Gasteiger charge is 2.21. The van der Waals surface area contributed by atoms with Crippen LogP contribution in [0.5, 0.6) is 0 Å². The Balaban J connectivity index is 4.16. The number of rotatable bonds is 9. The largest absolute Gasteiger partial charge is 0.299 e. The normalized spacial score (nSPS) is 13.3. The Hall–Kier alpha value is -1.11. The van der Waals surface area contributed by atoms with Gasteiger partial charge in [-0.25, -0.2) is 0 Å². The average Bonchev–Trinajstić information content (AvgIpc) is 2.36. The van der Waals surface area contributed by atoms with E-state index in [9.17, 15) is 4.79 Å². The molecule has 0 aromatic carbocycles. The van der Waals surface area contributed by atoms with E-state index in [1.807, 2.05) is 13.8 Å². The summed E-state index contributed by atoms with van der Waals surface area (Å²) >= 11 is 0. The molecule has 0 aromatic rings. The van der Waals surface area contributed by atoms with Gasteiger partial charge in [-0.3, -0.25) is 4.79 Å². The van der Waals surface area contributed by atoms with Gasteiger partial charge in [-0.2, -0.15) is 0 Å². The number of carbonyl (C=O) groups excluding carboxylic acids is 1. The van der Waals surface area contributed by atoms with E-state index in [-0.39, 0.29) is 11.2 Å². The predicted molar refractivity (Wildman–Crippen MR) is 94.5 cm³/mol. The Labute approximate surface area is 132 Å². The number of Topliss-reactive ketones (excluding diaryl/α,β-unsaturated/α-hetero) is 1. The van der Waals surface area contributed by atoms with E-state index in [1.54, 1.807) is 6.92 Å². The minimum Gasteiger partial charge on any atom is -0.299 e. The van der Waals surface area contributed by atoms with Gasteiger partial charge in [0.05, 0.1) is 0 Å². The van der Waals surface area contributed by atoms with Crippen molar-refractivity contribution < 1.29 is 4.79 Å². The summed E-state index contributed by atoms with van der Waals surface area (Å²) in [6.45, 7) is 14.4. The molecule has 21 heavy (non-hydrogen) atoms. The summed E-state index contributed by atoms with van der Waals surface area (Å²) in [5, 5.41) is 0. The number of hydrogen-bond acceptors (Lipinski definition) is 1. The van der Waals surface area contributed by atoms with E-state index >= 15 is 0 Å². The SMILES string of the molecule is CC(=O)C(C)(C)CC=C(C)CCC=C(C)CCC=C(C)C. The fraction of sp³-hybridized carbons (Fsp3) is 0.650. The molecule has 0 aliphatic heterocycles. The molecule has 0 atom stereocenters. The van der Waals surface area contributed by atoms with Gasteiger partial charge in [-0.05, 0) is 66.7 Å². The maximum atomic E-state index is 11.5. The maximum absolute atomic E-state index is 11.5. The van der Waals surface area contributed by atoms with Crippen molar-refractivity contribution in [2.75, 3.05) is 0 Å². The third-order valence-corrected chi connectivity index (χ3v) is 4.04. The fourth-order valence-corrected chi connectivity index (χ4v) is 1.91. The molecule has 1 heteroatoms. The molecule has 120 valence electrons. The van der Waals surface area contributed by atoms with Crippen LogP contribution in [0.3, 0.4) is 0 Å². The smallest absolute Gasteiger partial charge is 0.135 e. The standard InChI is InChI=1S/C20H34O/c1-16(2)10-8-11-17(3)12-9-13-18(4)14-15-20(6,7)19(5)21/h10,12,14H,8-9,11,13,15H2,1-7H3. The topological polar surface area (TPSA) is 17.1 Å². The van der Waals surface area contributed by atoms with E-state index in [0.717, 1.165) is 32.1 Å². The zero-order valence-electron chi connectivity index (χ0n) is 15.2. The van der Waals surface area contributed by atoms with Crippen molar-refractivity contribution in [2.45, 2.75) is 80.6 Å². The van der Waals surface area contributed by atoms with Crippen LogP contribution in [0.15, 0.2) is 34.9 Å². The van der Waals surface area contributed by atoms with E-state index in [2.05, 4.69) is 45.9 Å². The zero-order valence-corrected chi connectivity index (χ0v) is 15.2. The molecule has 0 bridgehead atoms. The van der Waals surface area contributed by atoms with Crippen LogP contribution in [-0.4, -0.2) is 5.78 Å². The molecule has 0 saturated heterocycles. The summed E-state index contributed by atoms with van der Waals surface area (Å²) in [6.07, 6.45) is 12.2. The number of carbonyl (C=O) groups is 1. The first-order chi connectivity index (χ1) is 9.65. The molecule has 0 rings (SSSR count). The highest BCUT2D eigenvalue weighted by atomic mass is 16.1. The second kappa shape index (κ2) is 9.76. The monoisotopic (exact) mass is 290 g/mol. The zero-order chi connectivity index (χ0) is 16.5. The van der Waals surface area contributed by atoms with Crippen molar-refractivity contribution in [1.29, 1.82) is 0 Å². The van der Waals surface area contributed by atoms with Crippen molar-refractivity contribution in [2.24, 2.45) is 5.41 Å². The van der Waals surface area contributed by atoms with Crippen molar-refractivity contribution in [3.05, 3.63) is 34.9 Å². The van der Waals surface area contributed by atoms with E-state index < -0.39 is 0 Å². The lowest BCUT2D eigenvalue weighted by atomic mass is 9.84. The molecular formula is C20H34O. The Bertz CT molecular complexity index is 415. The lowest BCUT2D eigenvalue weighted by molar-refractivity contribution is -0.124. The maximum Gasteiger partial charge on any atom is 0.135 e. The van der Waals surface area contributed by atoms with Gasteiger partial charge in [0.15, 0.2) is 0 Å². The highest BCUT2D eigenvalue weighted by Crippen LogP contribution is 2.23. The average molecular weight is 290 g/mol. The number of allylic oxidation sites excluding steroid dienone is 6. The summed E-state index contributed by atoms with van der Waals surface area (Å²) in [5.74, 6) is 0.265. The molecule has 0 aliphatic rings. The molecule has 0 N–H and O–H groups in total. The molecule has 0 heterocycles. The van der Waals surface area contributed by atoms with Gasteiger partial charge in [0.1, 0.15) is 5.78 Å². The first-order valence-corrected chi connectivity index (χ1v) is 8.11. The van der Waals surface area contributed by atoms with Gasteiger partial charge in [0, 0.05) is 5.41 Å². The van der Waals surface area contributed by atoms with Crippen LogP contribution in [0.25, 0.3) is 0 Å². The molecule has 0 unspecified atom stereocenters. The van der Waals surface area contributed by atoms with Gasteiger partial charge in [0.2, 0.25) is 0 Å². The van der Waals surface area contributed by atoms with Gasteiger partial charge in [-0.1, -0.05) is 48.8 Å². The van der Waals surface area contributed by atoms with Crippen LogP contribution in [0, 0.1) is 5.41 Å². The van der Waals surface area contributed by atoms with Crippen molar-refractivity contribution in [3.63, 3.8) is 0 Å². The Kier molecular flexibility index (Phi) is 9.24. The van der Waals surface area contributed by atoms with E-state index in [4.69, 9.17) is 0 Å². The second-order valence-corrected chi connectivity index (χ2v) is 7.10. The Morgan fingerprint density at radius 2 is 1.29 bits per heavy atom. The van der Waals surface area contributed by atoms with Gasteiger partial charge < -0.3 is 0 Å². The van der Waals surface area contributed by atoms with Crippen molar-refractivity contribution in [1.82, 2.24) is 0 Å². The molecule has 0 spiro atoms. The molecule has 0 radical (unpaired) electrons. The van der Waals surface area contributed by atoms with Crippen LogP contribution in [0.1, 0.15) is 80.6 Å². The van der Waals surface area contributed by atoms with Gasteiger partial charge in [-0.15, -0.1) is 0 Å². The number of ketones is 1. The summed E-state index contributed by atoms with van der Waals surface area (Å²) in [5.41, 5.74) is 4.04. The Morgan fingerprint density at radius 1 is 0.810 bits per heavy atom. The minimum absolute atomic E-state index is 0.225. The molecule has 1 nitrogen and oxygen atoms in total. The summed E-state index contributed by atoms with van der Waals surface area (Å²) in [4.78, 5) is 11.5. The molecule has 0 amide bonds.